The normalized spacial score (nSPS) is 17.2. The molecule has 1 saturated heterocycles. The van der Waals surface area contributed by atoms with Crippen LogP contribution in [0.25, 0.3) is 0 Å². The zero-order chi connectivity index (χ0) is 14.5. The highest BCUT2D eigenvalue weighted by Gasteiger charge is 2.20. The van der Waals surface area contributed by atoms with Gasteiger partial charge in [-0.15, -0.1) is 0 Å². The van der Waals surface area contributed by atoms with Gasteiger partial charge < -0.3 is 15.5 Å². The molecule has 1 aliphatic rings. The Morgan fingerprint density at radius 1 is 1.30 bits per heavy atom. The lowest BCUT2D eigenvalue weighted by Gasteiger charge is -2.35. The Labute approximate surface area is 121 Å². The van der Waals surface area contributed by atoms with Gasteiger partial charge in [0.2, 0.25) is 0 Å². The van der Waals surface area contributed by atoms with Crippen LogP contribution < -0.4 is 10.6 Å². The number of benzene rings is 1. The molecule has 1 heterocycles. The summed E-state index contributed by atoms with van der Waals surface area (Å²) in [6.07, 6.45) is 2.31. The lowest BCUT2D eigenvalue weighted by atomic mass is 10.0. The average molecular weight is 275 g/mol. The first-order chi connectivity index (χ1) is 9.60. The van der Waals surface area contributed by atoms with Crippen molar-refractivity contribution in [2.24, 2.45) is 0 Å². The summed E-state index contributed by atoms with van der Waals surface area (Å²) >= 11 is 0. The molecule has 0 unspecified atom stereocenters. The first-order valence-corrected chi connectivity index (χ1v) is 7.43. The third-order valence-electron chi connectivity index (χ3n) is 3.98. The van der Waals surface area contributed by atoms with E-state index in [1.165, 1.54) is 0 Å². The van der Waals surface area contributed by atoms with Crippen LogP contribution in [0.2, 0.25) is 0 Å². The van der Waals surface area contributed by atoms with E-state index < -0.39 is 0 Å². The fourth-order valence-corrected chi connectivity index (χ4v) is 2.69. The van der Waals surface area contributed by atoms with Crippen molar-refractivity contribution in [3.8, 4) is 0 Å². The van der Waals surface area contributed by atoms with Crippen LogP contribution in [0.4, 0.5) is 5.69 Å². The molecule has 1 fully saturated rings. The van der Waals surface area contributed by atoms with Gasteiger partial charge in [0.25, 0.3) is 5.91 Å². The summed E-state index contributed by atoms with van der Waals surface area (Å²) < 4.78 is 0. The maximum atomic E-state index is 11.6. The van der Waals surface area contributed by atoms with Crippen molar-refractivity contribution in [2.75, 3.05) is 25.5 Å². The molecular weight excluding hydrogens is 250 g/mol. The number of hydrogen-bond donors (Lipinski definition) is 2. The molecule has 2 N–H and O–H groups in total. The van der Waals surface area contributed by atoms with Gasteiger partial charge in [0.15, 0.2) is 0 Å². The van der Waals surface area contributed by atoms with Gasteiger partial charge in [-0.3, -0.25) is 4.79 Å². The quantitative estimate of drug-likeness (QED) is 0.886. The molecule has 2 rings (SSSR count). The van der Waals surface area contributed by atoms with E-state index in [9.17, 15) is 4.79 Å². The molecule has 1 aromatic rings. The molecule has 0 radical (unpaired) electrons. The highest BCUT2D eigenvalue weighted by molar-refractivity contribution is 5.94. The topological polar surface area (TPSA) is 44.4 Å². The SMILES string of the molecule is CNC(=O)c1cccc(NC2CCN(C(C)C)CC2)c1. The van der Waals surface area contributed by atoms with Crippen LogP contribution in [-0.2, 0) is 0 Å². The summed E-state index contributed by atoms with van der Waals surface area (Å²) in [6, 6.07) is 8.86. The maximum Gasteiger partial charge on any atom is 0.251 e. The Kier molecular flexibility index (Phi) is 5.01. The fraction of sp³-hybridized carbons (Fsp3) is 0.562. The fourth-order valence-electron chi connectivity index (χ4n) is 2.69. The number of carbonyl (C=O) groups excluding carboxylic acids is 1. The van der Waals surface area contributed by atoms with E-state index >= 15 is 0 Å². The van der Waals surface area contributed by atoms with Crippen LogP contribution in [-0.4, -0.2) is 43.0 Å². The zero-order valence-electron chi connectivity index (χ0n) is 12.6. The van der Waals surface area contributed by atoms with Crippen molar-refractivity contribution in [1.82, 2.24) is 10.2 Å². The first-order valence-electron chi connectivity index (χ1n) is 7.43. The molecule has 1 aromatic carbocycles. The highest BCUT2D eigenvalue weighted by Crippen LogP contribution is 2.19. The van der Waals surface area contributed by atoms with E-state index in [2.05, 4.69) is 29.4 Å². The minimum atomic E-state index is -0.0386. The third kappa shape index (κ3) is 3.73. The Morgan fingerprint density at radius 2 is 2.00 bits per heavy atom. The van der Waals surface area contributed by atoms with Gasteiger partial charge in [0, 0.05) is 43.5 Å². The van der Waals surface area contributed by atoms with Crippen LogP contribution in [0.3, 0.4) is 0 Å². The van der Waals surface area contributed by atoms with Gasteiger partial charge in [-0.05, 0) is 44.9 Å². The molecule has 0 saturated carbocycles. The number of nitrogens with one attached hydrogen (secondary N) is 2. The molecule has 110 valence electrons. The molecule has 1 amide bonds. The van der Waals surface area contributed by atoms with Gasteiger partial charge in [0.1, 0.15) is 0 Å². The largest absolute Gasteiger partial charge is 0.382 e. The second kappa shape index (κ2) is 6.75. The summed E-state index contributed by atoms with van der Waals surface area (Å²) in [5, 5.41) is 6.21. The summed E-state index contributed by atoms with van der Waals surface area (Å²) in [4.78, 5) is 14.1. The number of hydrogen-bond acceptors (Lipinski definition) is 3. The molecule has 4 heteroatoms. The zero-order valence-corrected chi connectivity index (χ0v) is 12.6. The minimum Gasteiger partial charge on any atom is -0.382 e. The van der Waals surface area contributed by atoms with E-state index in [4.69, 9.17) is 0 Å². The maximum absolute atomic E-state index is 11.6. The highest BCUT2D eigenvalue weighted by atomic mass is 16.1. The summed E-state index contributed by atoms with van der Waals surface area (Å²) in [5.41, 5.74) is 1.74. The van der Waals surface area contributed by atoms with Crippen LogP contribution in [0.1, 0.15) is 37.0 Å². The minimum absolute atomic E-state index is 0.0386. The van der Waals surface area contributed by atoms with E-state index in [0.29, 0.717) is 17.6 Å². The Balaban J connectivity index is 1.93. The summed E-state index contributed by atoms with van der Waals surface area (Å²) in [5.74, 6) is -0.0386. The third-order valence-corrected chi connectivity index (χ3v) is 3.98. The van der Waals surface area contributed by atoms with Gasteiger partial charge >= 0.3 is 0 Å². The van der Waals surface area contributed by atoms with Crippen molar-refractivity contribution in [1.29, 1.82) is 0 Å². The van der Waals surface area contributed by atoms with Crippen LogP contribution in [0.5, 0.6) is 0 Å². The van der Waals surface area contributed by atoms with Gasteiger partial charge in [-0.25, -0.2) is 0 Å². The molecular formula is C16H25N3O. The molecule has 4 nitrogen and oxygen atoms in total. The van der Waals surface area contributed by atoms with Crippen LogP contribution in [0, 0.1) is 0 Å². The lowest BCUT2D eigenvalue weighted by molar-refractivity contribution is 0.0963. The van der Waals surface area contributed by atoms with Gasteiger partial charge in [-0.2, -0.15) is 0 Å². The second-order valence-corrected chi connectivity index (χ2v) is 5.71. The van der Waals surface area contributed by atoms with Gasteiger partial charge in [-0.1, -0.05) is 6.07 Å². The Hall–Kier alpha value is -1.55. The van der Waals surface area contributed by atoms with Crippen LogP contribution in [0.15, 0.2) is 24.3 Å². The monoisotopic (exact) mass is 275 g/mol. The first kappa shape index (κ1) is 14.9. The van der Waals surface area contributed by atoms with E-state index in [-0.39, 0.29) is 5.91 Å². The van der Waals surface area contributed by atoms with Crippen molar-refractivity contribution in [2.45, 2.75) is 38.8 Å². The molecule has 0 atom stereocenters. The predicted octanol–water partition coefficient (Wildman–Crippen LogP) is 2.33. The molecule has 0 aromatic heterocycles. The number of anilines is 1. The van der Waals surface area contributed by atoms with Crippen molar-refractivity contribution >= 4 is 11.6 Å². The lowest BCUT2D eigenvalue weighted by Crippen LogP contribution is -2.42. The van der Waals surface area contributed by atoms with Crippen molar-refractivity contribution < 1.29 is 4.79 Å². The van der Waals surface area contributed by atoms with E-state index in [1.54, 1.807) is 7.05 Å². The van der Waals surface area contributed by atoms with Crippen molar-refractivity contribution in [3.63, 3.8) is 0 Å². The number of nitrogens with zero attached hydrogens (tertiary/aromatic N) is 1. The second-order valence-electron chi connectivity index (χ2n) is 5.71. The number of rotatable bonds is 4. The molecule has 0 bridgehead atoms. The molecule has 0 aliphatic carbocycles. The number of amides is 1. The predicted molar refractivity (Wildman–Crippen MR) is 83.2 cm³/mol. The smallest absolute Gasteiger partial charge is 0.251 e. The average Bonchev–Trinajstić information content (AvgIpc) is 2.47. The van der Waals surface area contributed by atoms with Gasteiger partial charge in [0.05, 0.1) is 0 Å². The Bertz CT molecular complexity index is 451. The summed E-state index contributed by atoms with van der Waals surface area (Å²) in [6.45, 7) is 6.79. The summed E-state index contributed by atoms with van der Waals surface area (Å²) in [7, 11) is 1.66. The molecule has 1 aliphatic heterocycles. The Morgan fingerprint density at radius 3 is 2.60 bits per heavy atom. The van der Waals surface area contributed by atoms with Crippen molar-refractivity contribution in [3.05, 3.63) is 29.8 Å². The molecule has 20 heavy (non-hydrogen) atoms. The molecule has 0 spiro atoms. The van der Waals surface area contributed by atoms with E-state index in [1.807, 2.05) is 24.3 Å². The number of carbonyl (C=O) groups is 1. The number of likely N-dealkylation sites (tertiary alicyclic amines) is 1. The standard InChI is InChI=1S/C16H25N3O/c1-12(2)19-9-7-14(8-10-19)18-15-6-4-5-13(11-15)16(20)17-3/h4-6,11-12,14,18H,7-10H2,1-3H3,(H,17,20). The van der Waals surface area contributed by atoms with E-state index in [0.717, 1.165) is 31.6 Å². The number of piperidine rings is 1. The van der Waals surface area contributed by atoms with Crippen LogP contribution >= 0.6 is 0 Å².